The fraction of sp³-hybridized carbons (Fsp3) is 0.195. The lowest BCUT2D eigenvalue weighted by atomic mass is 10.0. The van der Waals surface area contributed by atoms with E-state index in [0.717, 1.165) is 53.5 Å². The van der Waals surface area contributed by atoms with Crippen LogP contribution in [-0.2, 0) is 25.0 Å². The Hall–Kier alpha value is -4.37. The number of thioether (sulfide) groups is 2. The van der Waals surface area contributed by atoms with Crippen LogP contribution in [0.2, 0.25) is 0 Å². The van der Waals surface area contributed by atoms with Gasteiger partial charge in [-0.3, -0.25) is 4.79 Å². The van der Waals surface area contributed by atoms with Crippen LogP contribution in [-0.4, -0.2) is 56.3 Å². The maximum absolute atomic E-state index is 13.6. The molecule has 54 heavy (non-hydrogen) atoms. The van der Waals surface area contributed by atoms with Gasteiger partial charge in [0.25, 0.3) is 0 Å². The second kappa shape index (κ2) is 16.2. The summed E-state index contributed by atoms with van der Waals surface area (Å²) in [5.41, 5.74) is 7.28. The van der Waals surface area contributed by atoms with Crippen LogP contribution in [0.5, 0.6) is 0 Å². The van der Waals surface area contributed by atoms with Crippen LogP contribution in [0, 0.1) is 0 Å². The van der Waals surface area contributed by atoms with Crippen LogP contribution in [0.1, 0.15) is 25.7 Å². The summed E-state index contributed by atoms with van der Waals surface area (Å²) < 4.78 is 68.5. The molecule has 1 aliphatic carbocycles. The molecule has 4 aromatic rings. The zero-order chi connectivity index (χ0) is 37.9. The van der Waals surface area contributed by atoms with Crippen molar-refractivity contribution >= 4 is 60.9 Å². The normalized spacial score (nSPS) is 18.7. The number of allylic oxidation sites excluding steroid dienone is 6. The second-order valence-corrected chi connectivity index (χ2v) is 18.2. The number of carbonyl (C=O) groups is 1. The molecule has 0 spiro atoms. The summed E-state index contributed by atoms with van der Waals surface area (Å²) in [6, 6.07) is 32.2. The molecule has 7 rings (SSSR count). The van der Waals surface area contributed by atoms with Gasteiger partial charge in [0.15, 0.2) is 5.78 Å². The minimum Gasteiger partial charge on any atom is -0.748 e. The van der Waals surface area contributed by atoms with Crippen LogP contribution in [0.3, 0.4) is 0 Å². The van der Waals surface area contributed by atoms with Gasteiger partial charge in [-0.25, -0.2) is 16.8 Å². The minimum absolute atomic E-state index is 0.0598. The Morgan fingerprint density at radius 3 is 1.35 bits per heavy atom. The van der Waals surface area contributed by atoms with Gasteiger partial charge in [0, 0.05) is 45.5 Å². The molecule has 2 heterocycles. The number of ketones is 1. The maximum Gasteiger partial charge on any atom is 0.185 e. The molecule has 0 N–H and O–H groups in total. The number of anilines is 2. The lowest BCUT2D eigenvalue weighted by molar-refractivity contribution is -0.111. The third-order valence-electron chi connectivity index (χ3n) is 9.33. The molecule has 2 aliphatic heterocycles. The predicted molar refractivity (Wildman–Crippen MR) is 215 cm³/mol. The first-order valence-electron chi connectivity index (χ1n) is 17.5. The van der Waals surface area contributed by atoms with Crippen LogP contribution < -0.4 is 9.80 Å². The topological polar surface area (TPSA) is 138 Å². The van der Waals surface area contributed by atoms with Crippen LogP contribution in [0.25, 0.3) is 22.3 Å². The van der Waals surface area contributed by atoms with E-state index in [2.05, 4.69) is 12.1 Å². The lowest BCUT2D eigenvalue weighted by Gasteiger charge is -2.21. The Morgan fingerprint density at radius 1 is 0.556 bits per heavy atom. The first kappa shape index (κ1) is 37.9. The number of Topliss-reactive ketones (excluding diaryl/α,β-unsaturated/α-hetero) is 1. The van der Waals surface area contributed by atoms with Crippen molar-refractivity contribution in [3.05, 3.63) is 143 Å². The minimum atomic E-state index is -4.37. The second-order valence-electron chi connectivity index (χ2n) is 13.1. The first-order valence-corrected chi connectivity index (χ1v) is 22.2. The molecule has 0 unspecified atom stereocenters. The Morgan fingerprint density at radius 2 is 0.963 bits per heavy atom. The molecule has 0 amide bonds. The first-order chi connectivity index (χ1) is 25.9. The summed E-state index contributed by atoms with van der Waals surface area (Å²) in [7, 11) is -8.73. The SMILES string of the molecule is O=C1/C(=C/C=C2\Sc3ccc(-c4ccccc4)cc3N2CCCS(=O)(=O)[O-])CC/C1=C\C=C1/Sc2ccc(-c3ccccc3)cc2N1CCCS(=O)(=O)[O-]. The van der Waals surface area contributed by atoms with Gasteiger partial charge < -0.3 is 18.9 Å². The quantitative estimate of drug-likeness (QED) is 0.101. The monoisotopic (exact) mass is 796 g/mol. The fourth-order valence-electron chi connectivity index (χ4n) is 6.70. The van der Waals surface area contributed by atoms with Crippen molar-refractivity contribution in [1.82, 2.24) is 0 Å². The third-order valence-corrected chi connectivity index (χ3v) is 13.2. The molecule has 4 aromatic carbocycles. The van der Waals surface area contributed by atoms with Gasteiger partial charge in [0.2, 0.25) is 0 Å². The standard InChI is InChI=1S/C41H38N2O7S4/c44-41-31(17-21-39-42(23-7-25-53(45,46)47)35-27-33(15-19-37(35)51-39)29-9-3-1-4-10-29)13-14-32(41)18-22-40-43(24-8-26-54(48,49)50)36-28-34(16-20-38(36)52-40)30-11-5-2-6-12-30/h1-6,9-12,15-22,27-28H,7-8,13-14,23-26H2,(H,45,46,47)(H,48,49,50)/p-2/b31-17+,32-18+,39-21-,40-22-. The van der Waals surface area contributed by atoms with Crippen molar-refractivity contribution < 1.29 is 30.7 Å². The average molecular weight is 797 g/mol. The van der Waals surface area contributed by atoms with Gasteiger partial charge in [-0.05, 0) is 84.4 Å². The van der Waals surface area contributed by atoms with E-state index in [4.69, 9.17) is 0 Å². The lowest BCUT2D eigenvalue weighted by Crippen LogP contribution is -2.21. The Kier molecular flexibility index (Phi) is 11.3. The molecule has 0 radical (unpaired) electrons. The molecule has 13 heteroatoms. The van der Waals surface area contributed by atoms with Crippen molar-refractivity contribution in [2.24, 2.45) is 0 Å². The van der Waals surface area contributed by atoms with Gasteiger partial charge in [0.05, 0.1) is 41.7 Å². The highest BCUT2D eigenvalue weighted by Gasteiger charge is 2.28. The Bertz CT molecular complexity index is 2260. The van der Waals surface area contributed by atoms with Gasteiger partial charge in [-0.15, -0.1) is 0 Å². The van der Waals surface area contributed by atoms with Gasteiger partial charge in [0.1, 0.15) is 0 Å². The summed E-state index contributed by atoms with van der Waals surface area (Å²) in [5.74, 6) is -0.994. The number of nitrogens with zero attached hydrogens (tertiary/aromatic N) is 2. The average Bonchev–Trinajstić information content (AvgIpc) is 3.81. The molecule has 1 fully saturated rings. The predicted octanol–water partition coefficient (Wildman–Crippen LogP) is 8.31. The number of rotatable bonds is 12. The van der Waals surface area contributed by atoms with E-state index >= 15 is 0 Å². The molecule has 0 atom stereocenters. The molecule has 0 bridgehead atoms. The van der Waals surface area contributed by atoms with Gasteiger partial charge in [-0.1, -0.05) is 108 Å². The maximum atomic E-state index is 13.6. The summed E-state index contributed by atoms with van der Waals surface area (Å²) in [6.45, 7) is 0.650. The van der Waals surface area contributed by atoms with E-state index in [9.17, 15) is 30.7 Å². The van der Waals surface area contributed by atoms with Crippen molar-refractivity contribution in [2.75, 3.05) is 34.4 Å². The summed E-state index contributed by atoms with van der Waals surface area (Å²) in [4.78, 5) is 19.7. The van der Waals surface area contributed by atoms with Crippen LogP contribution >= 0.6 is 23.5 Å². The van der Waals surface area contributed by atoms with E-state index < -0.39 is 31.7 Å². The smallest absolute Gasteiger partial charge is 0.185 e. The number of hydrogen-bond acceptors (Lipinski definition) is 11. The molecule has 0 saturated heterocycles. The van der Waals surface area contributed by atoms with E-state index in [0.29, 0.717) is 37.1 Å². The highest BCUT2D eigenvalue weighted by atomic mass is 32.2. The number of hydrogen-bond donors (Lipinski definition) is 0. The van der Waals surface area contributed by atoms with Crippen molar-refractivity contribution in [2.45, 2.75) is 35.5 Å². The molecular weight excluding hydrogens is 761 g/mol. The number of carbonyl (C=O) groups excluding carboxylic acids is 1. The van der Waals surface area contributed by atoms with Crippen molar-refractivity contribution in [3.8, 4) is 22.3 Å². The number of benzene rings is 4. The highest BCUT2D eigenvalue weighted by Crippen LogP contribution is 2.49. The van der Waals surface area contributed by atoms with Crippen LogP contribution in [0.15, 0.2) is 152 Å². The Labute approximate surface area is 324 Å². The molecular formula is C41H36N2O7S4-2. The molecule has 0 aromatic heterocycles. The fourth-order valence-corrected chi connectivity index (χ4v) is 9.80. The highest BCUT2D eigenvalue weighted by molar-refractivity contribution is 8.04. The molecule has 9 nitrogen and oxygen atoms in total. The van der Waals surface area contributed by atoms with Gasteiger partial charge in [-0.2, -0.15) is 0 Å². The summed E-state index contributed by atoms with van der Waals surface area (Å²) in [5, 5.41) is 1.67. The van der Waals surface area contributed by atoms with E-state index in [-0.39, 0.29) is 18.6 Å². The largest absolute Gasteiger partial charge is 0.748 e. The van der Waals surface area contributed by atoms with E-state index in [1.807, 2.05) is 119 Å². The van der Waals surface area contributed by atoms with Crippen LogP contribution in [0.4, 0.5) is 11.4 Å². The molecule has 1 saturated carbocycles. The van der Waals surface area contributed by atoms with E-state index in [1.54, 1.807) is 0 Å². The van der Waals surface area contributed by atoms with Crippen molar-refractivity contribution in [1.29, 1.82) is 0 Å². The summed E-state index contributed by atoms with van der Waals surface area (Å²) in [6.07, 6.45) is 8.90. The third kappa shape index (κ3) is 9.11. The molecule has 278 valence electrons. The summed E-state index contributed by atoms with van der Waals surface area (Å²) >= 11 is 3.07. The Balaban J connectivity index is 1.12. The number of fused-ring (bicyclic) bond motifs is 2. The van der Waals surface area contributed by atoms with E-state index in [1.165, 1.54) is 23.5 Å². The van der Waals surface area contributed by atoms with Crippen molar-refractivity contribution in [3.63, 3.8) is 0 Å². The zero-order valence-electron chi connectivity index (χ0n) is 29.1. The van der Waals surface area contributed by atoms with Gasteiger partial charge >= 0.3 is 0 Å². The zero-order valence-corrected chi connectivity index (χ0v) is 32.4. The molecule has 3 aliphatic rings.